The van der Waals surface area contributed by atoms with Crippen molar-refractivity contribution < 1.29 is 24.6 Å². The maximum absolute atomic E-state index is 13.2. The number of carbonyl (C=O) groups excluding carboxylic acids is 1. The van der Waals surface area contributed by atoms with Gasteiger partial charge in [-0.15, -0.1) is 0 Å². The fourth-order valence-electron chi connectivity index (χ4n) is 4.07. The second-order valence-corrected chi connectivity index (χ2v) is 8.20. The van der Waals surface area contributed by atoms with Gasteiger partial charge in [-0.1, -0.05) is 36.8 Å². The number of hydrogen-bond donors (Lipinski definition) is 5. The van der Waals surface area contributed by atoms with Crippen LogP contribution in [-0.2, 0) is 20.8 Å². The van der Waals surface area contributed by atoms with Gasteiger partial charge in [-0.2, -0.15) is 0 Å². The minimum atomic E-state index is -1.01. The Balaban J connectivity index is 2.04. The second kappa shape index (κ2) is 13.8. The van der Waals surface area contributed by atoms with E-state index in [0.29, 0.717) is 51.6 Å². The summed E-state index contributed by atoms with van der Waals surface area (Å²) in [5, 5.41) is 25.5. The number of nitrogens with zero attached hydrogens (tertiary/aromatic N) is 1. The van der Waals surface area contributed by atoms with Crippen LogP contribution >= 0.6 is 0 Å². The highest BCUT2D eigenvalue weighted by Crippen LogP contribution is 2.20. The van der Waals surface area contributed by atoms with Gasteiger partial charge >= 0.3 is 11.9 Å². The number of unbranched alkanes of at least 4 members (excludes halogenated alkanes) is 1. The molecule has 3 atom stereocenters. The van der Waals surface area contributed by atoms with Crippen LogP contribution in [0.4, 0.5) is 0 Å². The van der Waals surface area contributed by atoms with Gasteiger partial charge in [0.15, 0.2) is 0 Å². The highest BCUT2D eigenvalue weighted by atomic mass is 16.4. The van der Waals surface area contributed by atoms with Gasteiger partial charge in [0.25, 0.3) is 0 Å². The fraction of sp³-hybridized carbons (Fsp3) is 0.609. The number of benzene rings is 1. The van der Waals surface area contributed by atoms with Gasteiger partial charge in [-0.25, -0.2) is 4.79 Å². The summed E-state index contributed by atoms with van der Waals surface area (Å²) in [4.78, 5) is 38.1. The molecule has 6 N–H and O–H groups in total. The van der Waals surface area contributed by atoms with Gasteiger partial charge in [0.2, 0.25) is 5.91 Å². The quantitative estimate of drug-likeness (QED) is 0.248. The molecule has 32 heavy (non-hydrogen) atoms. The molecule has 1 aromatic rings. The third-order valence-corrected chi connectivity index (χ3v) is 5.80. The molecule has 0 radical (unpaired) electrons. The van der Waals surface area contributed by atoms with Crippen molar-refractivity contribution >= 4 is 17.8 Å². The summed E-state index contributed by atoms with van der Waals surface area (Å²) in [7, 11) is 0. The Bertz CT molecular complexity index is 730. The van der Waals surface area contributed by atoms with E-state index >= 15 is 0 Å². The monoisotopic (exact) mass is 448 g/mol. The van der Waals surface area contributed by atoms with E-state index in [9.17, 15) is 24.6 Å². The molecular weight excluding hydrogens is 412 g/mol. The van der Waals surface area contributed by atoms with Gasteiger partial charge in [0, 0.05) is 19.6 Å². The minimum Gasteiger partial charge on any atom is -0.480 e. The molecule has 1 fully saturated rings. The first-order valence-corrected chi connectivity index (χ1v) is 11.4. The molecule has 2 rings (SSSR count). The molecule has 1 aromatic carbocycles. The number of nitrogens with one attached hydrogen (secondary N) is 2. The van der Waals surface area contributed by atoms with Crippen LogP contribution < -0.4 is 16.4 Å². The maximum Gasteiger partial charge on any atom is 0.326 e. The first-order valence-electron chi connectivity index (χ1n) is 11.4. The Morgan fingerprint density at radius 1 is 1.06 bits per heavy atom. The van der Waals surface area contributed by atoms with E-state index in [2.05, 4.69) is 10.6 Å². The Morgan fingerprint density at radius 3 is 2.47 bits per heavy atom. The fourth-order valence-corrected chi connectivity index (χ4v) is 4.07. The highest BCUT2D eigenvalue weighted by molar-refractivity contribution is 5.88. The number of rotatable bonds is 15. The first kappa shape index (κ1) is 25.8. The molecule has 1 heterocycles. The van der Waals surface area contributed by atoms with E-state index in [1.54, 1.807) is 0 Å². The van der Waals surface area contributed by atoms with Gasteiger partial charge < -0.3 is 26.2 Å². The van der Waals surface area contributed by atoms with Crippen molar-refractivity contribution in [2.45, 2.75) is 63.1 Å². The first-order chi connectivity index (χ1) is 15.4. The molecule has 0 aromatic heterocycles. The van der Waals surface area contributed by atoms with E-state index in [4.69, 9.17) is 5.73 Å². The normalized spacial score (nSPS) is 17.8. The standard InChI is InChI=1S/C23H36N4O5/c24-13-15-25-14-5-4-9-18(21(28)27-16-6-10-20(27)23(31)32)26-19(22(29)30)12-11-17-7-2-1-3-8-17/h1-3,7-8,18-20,25-26H,4-6,9-16,24H2,(H,29,30)(H,31,32)/t18-,19-,20-/m0/s1. The summed E-state index contributed by atoms with van der Waals surface area (Å²) in [5.74, 6) is -2.35. The highest BCUT2D eigenvalue weighted by Gasteiger charge is 2.38. The number of carbonyl (C=O) groups is 3. The summed E-state index contributed by atoms with van der Waals surface area (Å²) in [6.45, 7) is 2.41. The van der Waals surface area contributed by atoms with E-state index in [1.165, 1.54) is 4.90 Å². The van der Waals surface area contributed by atoms with Crippen molar-refractivity contribution in [1.82, 2.24) is 15.5 Å². The molecular formula is C23H36N4O5. The molecule has 178 valence electrons. The maximum atomic E-state index is 13.2. The number of hydrogen-bond acceptors (Lipinski definition) is 6. The van der Waals surface area contributed by atoms with Gasteiger partial charge in [-0.05, 0) is 50.6 Å². The summed E-state index contributed by atoms with van der Waals surface area (Å²) in [6.07, 6.45) is 3.93. The average Bonchev–Trinajstić information content (AvgIpc) is 3.28. The molecule has 0 bridgehead atoms. The van der Waals surface area contributed by atoms with Gasteiger partial charge in [-0.3, -0.25) is 14.9 Å². The SMILES string of the molecule is NCCNCCCC[C@H](N[C@@H](CCc1ccccc1)C(=O)O)C(=O)N1CCC[C@H]1C(=O)O. The number of aryl methyl sites for hydroxylation is 1. The zero-order chi connectivity index (χ0) is 23.3. The lowest BCUT2D eigenvalue weighted by Gasteiger charge is -2.29. The Labute approximate surface area is 189 Å². The molecule has 0 saturated carbocycles. The van der Waals surface area contributed by atoms with Crippen molar-refractivity contribution in [2.24, 2.45) is 5.73 Å². The number of amides is 1. The van der Waals surface area contributed by atoms with Crippen LogP contribution in [0.15, 0.2) is 30.3 Å². The number of carboxylic acids is 2. The Hall–Kier alpha value is -2.49. The van der Waals surface area contributed by atoms with Crippen molar-refractivity contribution in [3.8, 4) is 0 Å². The number of nitrogens with two attached hydrogens (primary N) is 1. The van der Waals surface area contributed by atoms with E-state index in [1.807, 2.05) is 30.3 Å². The predicted octanol–water partition coefficient (Wildman–Crippen LogP) is 0.825. The van der Waals surface area contributed by atoms with Crippen molar-refractivity contribution in [3.05, 3.63) is 35.9 Å². The van der Waals surface area contributed by atoms with Crippen LogP contribution in [0.25, 0.3) is 0 Å². The van der Waals surface area contributed by atoms with E-state index in [0.717, 1.165) is 25.1 Å². The third-order valence-electron chi connectivity index (χ3n) is 5.80. The summed E-state index contributed by atoms with van der Waals surface area (Å²) in [5.41, 5.74) is 6.49. The van der Waals surface area contributed by atoms with Crippen molar-refractivity contribution in [2.75, 3.05) is 26.2 Å². The topological polar surface area (TPSA) is 145 Å². The molecule has 9 heteroatoms. The second-order valence-electron chi connectivity index (χ2n) is 8.20. The van der Waals surface area contributed by atoms with Crippen molar-refractivity contribution in [3.63, 3.8) is 0 Å². The Kier molecular flexibility index (Phi) is 11.1. The molecule has 9 nitrogen and oxygen atoms in total. The summed E-state index contributed by atoms with van der Waals surface area (Å²) in [6, 6.07) is 7.13. The predicted molar refractivity (Wildman–Crippen MR) is 121 cm³/mol. The van der Waals surface area contributed by atoms with E-state index < -0.39 is 30.1 Å². The molecule has 0 aliphatic carbocycles. The molecule has 1 amide bonds. The van der Waals surface area contributed by atoms with Crippen LogP contribution in [-0.4, -0.2) is 77.3 Å². The molecule has 1 aliphatic rings. The number of aliphatic carboxylic acids is 2. The molecule has 1 saturated heterocycles. The van der Waals surface area contributed by atoms with Gasteiger partial charge in [0.05, 0.1) is 6.04 Å². The van der Waals surface area contributed by atoms with Gasteiger partial charge in [0.1, 0.15) is 12.1 Å². The lowest BCUT2D eigenvalue weighted by Crippen LogP contribution is -2.54. The molecule has 0 unspecified atom stereocenters. The van der Waals surface area contributed by atoms with Crippen LogP contribution in [0, 0.1) is 0 Å². The van der Waals surface area contributed by atoms with Crippen LogP contribution in [0.3, 0.4) is 0 Å². The zero-order valence-corrected chi connectivity index (χ0v) is 18.5. The number of carboxylic acid groups (broad SMARTS) is 2. The molecule has 1 aliphatic heterocycles. The lowest BCUT2D eigenvalue weighted by molar-refractivity contribution is -0.149. The smallest absolute Gasteiger partial charge is 0.326 e. The largest absolute Gasteiger partial charge is 0.480 e. The van der Waals surface area contributed by atoms with Crippen LogP contribution in [0.5, 0.6) is 0 Å². The van der Waals surface area contributed by atoms with Crippen LogP contribution in [0.2, 0.25) is 0 Å². The molecule has 0 spiro atoms. The Morgan fingerprint density at radius 2 is 1.81 bits per heavy atom. The zero-order valence-electron chi connectivity index (χ0n) is 18.5. The summed E-state index contributed by atoms with van der Waals surface area (Å²) >= 11 is 0. The van der Waals surface area contributed by atoms with Crippen molar-refractivity contribution in [1.29, 1.82) is 0 Å². The van der Waals surface area contributed by atoms with E-state index in [-0.39, 0.29) is 5.91 Å². The summed E-state index contributed by atoms with van der Waals surface area (Å²) < 4.78 is 0. The average molecular weight is 449 g/mol. The minimum absolute atomic E-state index is 0.323. The number of likely N-dealkylation sites (tertiary alicyclic amines) is 1. The lowest BCUT2D eigenvalue weighted by atomic mass is 10.0. The van der Waals surface area contributed by atoms with Crippen LogP contribution in [0.1, 0.15) is 44.1 Å². The third kappa shape index (κ3) is 8.22.